The van der Waals surface area contributed by atoms with E-state index < -0.39 is 0 Å². The smallest absolute Gasteiger partial charge is 0.272 e. The standard InChI is InChI=1S/C34H35N5O5/c1-37-23-35-21-30(37)34(42)39-15-13-25-19-28-11-12-29(25)32(39)26-9-5-10-27(20-26)43-17-6-14-38(16-18-44-28)31(40)22-36-33(41)24-7-3-2-4-8-24/h2-5,7-12,19-21,23,32H,6,13-18,22H2,1H3,(H,36,41). The van der Waals surface area contributed by atoms with Gasteiger partial charge in [0.25, 0.3) is 11.8 Å². The van der Waals surface area contributed by atoms with Gasteiger partial charge in [-0.05, 0) is 65.9 Å². The second-order valence-corrected chi connectivity index (χ2v) is 11.0. The van der Waals surface area contributed by atoms with Crippen LogP contribution in [0.4, 0.5) is 0 Å². The largest absolute Gasteiger partial charge is 0.494 e. The van der Waals surface area contributed by atoms with Gasteiger partial charge in [0.15, 0.2) is 0 Å². The lowest BCUT2D eigenvalue weighted by molar-refractivity contribution is -0.130. The molecule has 3 amide bonds. The van der Waals surface area contributed by atoms with E-state index in [9.17, 15) is 14.4 Å². The fraction of sp³-hybridized carbons (Fsp3) is 0.294. The van der Waals surface area contributed by atoms with Gasteiger partial charge in [-0.15, -0.1) is 0 Å². The minimum absolute atomic E-state index is 0.0774. The first-order valence-corrected chi connectivity index (χ1v) is 14.8. The van der Waals surface area contributed by atoms with Gasteiger partial charge in [0.1, 0.15) is 23.8 Å². The van der Waals surface area contributed by atoms with Crippen molar-refractivity contribution in [1.82, 2.24) is 24.7 Å². The average molecular weight is 594 g/mol. The van der Waals surface area contributed by atoms with Crippen molar-refractivity contribution in [2.75, 3.05) is 39.4 Å². The van der Waals surface area contributed by atoms with Crippen LogP contribution < -0.4 is 14.8 Å². The normalized spacial score (nSPS) is 16.5. The van der Waals surface area contributed by atoms with E-state index in [1.165, 1.54) is 0 Å². The summed E-state index contributed by atoms with van der Waals surface area (Å²) in [7, 11) is 1.82. The Bertz CT molecular complexity index is 1650. The molecule has 226 valence electrons. The molecule has 4 aromatic rings. The fourth-order valence-corrected chi connectivity index (χ4v) is 5.80. The second kappa shape index (κ2) is 13.0. The van der Waals surface area contributed by atoms with Gasteiger partial charge in [-0.25, -0.2) is 4.98 Å². The maximum Gasteiger partial charge on any atom is 0.272 e. The van der Waals surface area contributed by atoms with E-state index in [0.717, 1.165) is 16.7 Å². The van der Waals surface area contributed by atoms with Crippen molar-refractivity contribution in [1.29, 1.82) is 0 Å². The number of fused-ring (bicyclic) bond motifs is 8. The highest BCUT2D eigenvalue weighted by Gasteiger charge is 2.34. The quantitative estimate of drug-likeness (QED) is 0.388. The van der Waals surface area contributed by atoms with Crippen LogP contribution in [0.15, 0.2) is 85.3 Å². The molecular formula is C34H35N5O5. The Kier molecular flexibility index (Phi) is 8.58. The maximum absolute atomic E-state index is 13.7. The third kappa shape index (κ3) is 6.29. The Balaban J connectivity index is 1.23. The monoisotopic (exact) mass is 593 g/mol. The highest BCUT2D eigenvalue weighted by atomic mass is 16.5. The van der Waals surface area contributed by atoms with Gasteiger partial charge in [-0.1, -0.05) is 36.4 Å². The first kappa shape index (κ1) is 29.0. The van der Waals surface area contributed by atoms with E-state index in [4.69, 9.17) is 9.47 Å². The van der Waals surface area contributed by atoms with Crippen LogP contribution in [-0.2, 0) is 18.3 Å². The summed E-state index contributed by atoms with van der Waals surface area (Å²) in [5.41, 5.74) is 4.13. The van der Waals surface area contributed by atoms with E-state index in [1.54, 1.807) is 46.3 Å². The van der Waals surface area contributed by atoms with Gasteiger partial charge in [0.05, 0.1) is 38.3 Å². The summed E-state index contributed by atoms with van der Waals surface area (Å²) >= 11 is 0. The molecule has 1 aromatic heterocycles. The number of imidazole rings is 1. The number of carbonyl (C=O) groups is 3. The van der Waals surface area contributed by atoms with Gasteiger partial charge in [0.2, 0.25) is 5.91 Å². The van der Waals surface area contributed by atoms with E-state index in [-0.39, 0.29) is 30.3 Å². The minimum Gasteiger partial charge on any atom is -0.494 e. The van der Waals surface area contributed by atoms with Crippen molar-refractivity contribution < 1.29 is 23.9 Å². The van der Waals surface area contributed by atoms with Crippen LogP contribution in [0.25, 0.3) is 0 Å². The highest BCUT2D eigenvalue weighted by Crippen LogP contribution is 2.38. The molecule has 1 N–H and O–H groups in total. The summed E-state index contributed by atoms with van der Waals surface area (Å²) in [5.74, 6) is 0.852. The summed E-state index contributed by atoms with van der Waals surface area (Å²) in [5, 5.41) is 2.73. The van der Waals surface area contributed by atoms with Gasteiger partial charge < -0.3 is 29.2 Å². The van der Waals surface area contributed by atoms with E-state index in [1.807, 2.05) is 60.5 Å². The van der Waals surface area contributed by atoms with Crippen molar-refractivity contribution in [3.63, 3.8) is 0 Å². The molecule has 1 unspecified atom stereocenters. The summed E-state index contributed by atoms with van der Waals surface area (Å²) in [6.45, 7) is 1.93. The number of hydrogen-bond donors (Lipinski definition) is 1. The van der Waals surface area contributed by atoms with Gasteiger partial charge in [0, 0.05) is 25.7 Å². The number of amides is 3. The summed E-state index contributed by atoms with van der Waals surface area (Å²) in [6.07, 6.45) is 4.51. The van der Waals surface area contributed by atoms with Crippen molar-refractivity contribution >= 4 is 17.7 Å². The third-order valence-corrected chi connectivity index (χ3v) is 8.07. The average Bonchev–Trinajstić information content (AvgIpc) is 3.49. The molecule has 0 radical (unpaired) electrons. The SMILES string of the molecule is Cn1cncc1C(=O)N1CCc2cc3ccc2C1c1cccc(c1)OCCCN(C(=O)CNC(=O)c1ccccc1)CCO3. The first-order chi connectivity index (χ1) is 21.5. The van der Waals surface area contributed by atoms with Crippen molar-refractivity contribution in [2.45, 2.75) is 18.9 Å². The molecule has 3 aliphatic rings. The van der Waals surface area contributed by atoms with Gasteiger partial charge >= 0.3 is 0 Å². The molecule has 7 rings (SSSR count). The lowest BCUT2D eigenvalue weighted by Crippen LogP contribution is -2.42. The Morgan fingerprint density at radius 2 is 1.73 bits per heavy atom. The van der Waals surface area contributed by atoms with E-state index >= 15 is 0 Å². The van der Waals surface area contributed by atoms with Crippen LogP contribution in [0.5, 0.6) is 11.5 Å². The molecule has 4 heterocycles. The third-order valence-electron chi connectivity index (χ3n) is 8.07. The molecule has 0 saturated carbocycles. The predicted octanol–water partition coefficient (Wildman–Crippen LogP) is 3.63. The highest BCUT2D eigenvalue weighted by molar-refractivity contribution is 5.96. The number of rotatable bonds is 4. The Labute approximate surface area is 256 Å². The van der Waals surface area contributed by atoms with E-state index in [2.05, 4.69) is 10.3 Å². The van der Waals surface area contributed by atoms with Gasteiger partial charge in [-0.2, -0.15) is 0 Å². The zero-order valence-electron chi connectivity index (χ0n) is 24.6. The molecule has 0 fully saturated rings. The first-order valence-electron chi connectivity index (χ1n) is 14.8. The molecule has 10 nitrogen and oxygen atoms in total. The molecule has 44 heavy (non-hydrogen) atoms. The fourth-order valence-electron chi connectivity index (χ4n) is 5.80. The lowest BCUT2D eigenvalue weighted by Gasteiger charge is -2.38. The molecule has 1 atom stereocenters. The Hall–Kier alpha value is -5.12. The minimum atomic E-state index is -0.300. The number of aryl methyl sites for hydroxylation is 1. The Morgan fingerprint density at radius 1 is 0.909 bits per heavy atom. The van der Waals surface area contributed by atoms with Crippen molar-refractivity contribution in [3.05, 3.63) is 113 Å². The second-order valence-electron chi connectivity index (χ2n) is 11.0. The summed E-state index contributed by atoms with van der Waals surface area (Å²) in [4.78, 5) is 47.1. The molecule has 3 aromatic carbocycles. The van der Waals surface area contributed by atoms with E-state index in [0.29, 0.717) is 68.4 Å². The maximum atomic E-state index is 13.7. The van der Waals surface area contributed by atoms with Gasteiger partial charge in [-0.3, -0.25) is 14.4 Å². The van der Waals surface area contributed by atoms with Crippen LogP contribution >= 0.6 is 0 Å². The van der Waals surface area contributed by atoms with Crippen LogP contribution in [0.2, 0.25) is 0 Å². The molecule has 6 bridgehead atoms. The van der Waals surface area contributed by atoms with Crippen molar-refractivity contribution in [2.24, 2.45) is 7.05 Å². The zero-order chi connectivity index (χ0) is 30.5. The van der Waals surface area contributed by atoms with Crippen LogP contribution in [0.1, 0.15) is 50.0 Å². The number of ether oxygens (including phenoxy) is 2. The number of hydrogen-bond acceptors (Lipinski definition) is 6. The van der Waals surface area contributed by atoms with Crippen molar-refractivity contribution in [3.8, 4) is 11.5 Å². The molecular weight excluding hydrogens is 558 g/mol. The lowest BCUT2D eigenvalue weighted by atomic mass is 9.87. The number of nitrogens with one attached hydrogen (secondary N) is 1. The molecule has 10 heteroatoms. The van der Waals surface area contributed by atoms with Crippen LogP contribution in [0.3, 0.4) is 0 Å². The topological polar surface area (TPSA) is 106 Å². The number of nitrogens with zero attached hydrogens (tertiary/aromatic N) is 4. The summed E-state index contributed by atoms with van der Waals surface area (Å²) < 4.78 is 14.0. The van der Waals surface area contributed by atoms with Crippen LogP contribution in [0, 0.1) is 0 Å². The number of benzene rings is 3. The number of aromatic nitrogens is 2. The zero-order valence-corrected chi connectivity index (χ0v) is 24.6. The Morgan fingerprint density at radius 3 is 2.55 bits per heavy atom. The van der Waals surface area contributed by atoms with Crippen LogP contribution in [-0.4, -0.2) is 76.5 Å². The molecule has 0 spiro atoms. The molecule has 0 aliphatic carbocycles. The molecule has 0 saturated heterocycles. The summed E-state index contributed by atoms with van der Waals surface area (Å²) in [6, 6.07) is 22.4. The number of carbonyl (C=O) groups excluding carboxylic acids is 3. The predicted molar refractivity (Wildman–Crippen MR) is 164 cm³/mol. The molecule has 3 aliphatic heterocycles.